The highest BCUT2D eigenvalue weighted by Gasteiger charge is 2.31. The van der Waals surface area contributed by atoms with E-state index < -0.39 is 12.0 Å². The number of fused-ring (bicyclic) bond motifs is 2. The Bertz CT molecular complexity index is 1250. The van der Waals surface area contributed by atoms with Crippen molar-refractivity contribution in [3.05, 3.63) is 78.0 Å². The van der Waals surface area contributed by atoms with Crippen molar-refractivity contribution in [2.24, 2.45) is 5.73 Å². The highest BCUT2D eigenvalue weighted by molar-refractivity contribution is 5.94. The van der Waals surface area contributed by atoms with Crippen molar-refractivity contribution in [1.82, 2.24) is 9.88 Å². The Balaban J connectivity index is 1.39. The van der Waals surface area contributed by atoms with E-state index in [0.717, 1.165) is 41.5 Å². The number of nitrogens with zero attached hydrogens (tertiary/aromatic N) is 2. The lowest BCUT2D eigenvalue weighted by atomic mass is 10.00. The summed E-state index contributed by atoms with van der Waals surface area (Å²) in [4.78, 5) is 20.0. The number of H-pyrrole nitrogens is 1. The van der Waals surface area contributed by atoms with Crippen molar-refractivity contribution in [2.75, 3.05) is 37.6 Å². The van der Waals surface area contributed by atoms with Crippen LogP contribution in [0.4, 0.5) is 5.69 Å². The van der Waals surface area contributed by atoms with Crippen LogP contribution in [0, 0.1) is 0 Å². The maximum absolute atomic E-state index is 12.3. The normalized spacial score (nSPS) is 16.0. The van der Waals surface area contributed by atoms with Gasteiger partial charge in [-0.1, -0.05) is 42.5 Å². The van der Waals surface area contributed by atoms with Gasteiger partial charge in [-0.15, -0.1) is 0 Å². The fourth-order valence-electron chi connectivity index (χ4n) is 4.94. The zero-order valence-corrected chi connectivity index (χ0v) is 18.0. The second kappa shape index (κ2) is 8.65. The third-order valence-corrected chi connectivity index (χ3v) is 6.54. The summed E-state index contributed by atoms with van der Waals surface area (Å²) in [6.45, 7) is 3.54. The van der Waals surface area contributed by atoms with Gasteiger partial charge < -0.3 is 20.7 Å². The van der Waals surface area contributed by atoms with Crippen LogP contribution < -0.4 is 10.6 Å². The van der Waals surface area contributed by atoms with E-state index in [1.54, 1.807) is 0 Å². The molecule has 1 unspecified atom stereocenters. The summed E-state index contributed by atoms with van der Waals surface area (Å²) in [6, 6.07) is 20.1. The first kappa shape index (κ1) is 20.5. The van der Waals surface area contributed by atoms with E-state index in [9.17, 15) is 9.90 Å². The van der Waals surface area contributed by atoms with Crippen molar-refractivity contribution in [3.8, 4) is 0 Å². The van der Waals surface area contributed by atoms with Gasteiger partial charge in [-0.3, -0.25) is 9.69 Å². The van der Waals surface area contributed by atoms with Crippen molar-refractivity contribution < 1.29 is 9.90 Å². The van der Waals surface area contributed by atoms with E-state index in [2.05, 4.69) is 57.2 Å². The number of carboxylic acids is 1. The summed E-state index contributed by atoms with van der Waals surface area (Å²) < 4.78 is 0. The number of piperazine rings is 1. The first-order valence-corrected chi connectivity index (χ1v) is 11.2. The number of benzene rings is 3. The minimum Gasteiger partial charge on any atom is -0.480 e. The lowest BCUT2D eigenvalue weighted by molar-refractivity contribution is -0.143. The van der Waals surface area contributed by atoms with Crippen molar-refractivity contribution in [3.63, 3.8) is 0 Å². The molecular formula is C26H28N4O2. The van der Waals surface area contributed by atoms with E-state index in [4.69, 9.17) is 5.73 Å². The lowest BCUT2D eigenvalue weighted by Crippen LogP contribution is -2.49. The van der Waals surface area contributed by atoms with Gasteiger partial charge >= 0.3 is 5.97 Å². The van der Waals surface area contributed by atoms with Crippen LogP contribution in [-0.4, -0.2) is 53.7 Å². The molecular weight excluding hydrogens is 400 g/mol. The van der Waals surface area contributed by atoms with Crippen LogP contribution in [0.5, 0.6) is 0 Å². The first-order chi connectivity index (χ1) is 15.7. The van der Waals surface area contributed by atoms with Crippen molar-refractivity contribution in [2.45, 2.75) is 12.5 Å². The summed E-state index contributed by atoms with van der Waals surface area (Å²) in [7, 11) is 0. The smallest absolute Gasteiger partial charge is 0.325 e. The molecule has 4 aromatic rings. The lowest BCUT2D eigenvalue weighted by Gasteiger charge is -2.39. The number of anilines is 1. The van der Waals surface area contributed by atoms with Crippen LogP contribution >= 0.6 is 0 Å². The molecule has 3 aromatic carbocycles. The maximum atomic E-state index is 12.3. The largest absolute Gasteiger partial charge is 0.480 e. The van der Waals surface area contributed by atoms with E-state index in [0.29, 0.717) is 19.6 Å². The number of carboxylic acid groups (broad SMARTS) is 1. The minimum absolute atomic E-state index is 0.565. The fraction of sp³-hybridized carbons (Fsp3) is 0.269. The maximum Gasteiger partial charge on any atom is 0.325 e. The van der Waals surface area contributed by atoms with Crippen molar-refractivity contribution in [1.29, 1.82) is 0 Å². The van der Waals surface area contributed by atoms with Gasteiger partial charge in [-0.25, -0.2) is 0 Å². The van der Waals surface area contributed by atoms with Gasteiger partial charge in [-0.05, 0) is 47.7 Å². The highest BCUT2D eigenvalue weighted by atomic mass is 16.4. The molecule has 4 N–H and O–H groups in total. The Hall–Kier alpha value is -3.35. The van der Waals surface area contributed by atoms with Crippen LogP contribution in [0.15, 0.2) is 66.9 Å². The van der Waals surface area contributed by atoms with Gasteiger partial charge in [-0.2, -0.15) is 0 Å². The molecule has 0 saturated carbocycles. The van der Waals surface area contributed by atoms with Crippen LogP contribution in [0.3, 0.4) is 0 Å². The predicted octanol–water partition coefficient (Wildman–Crippen LogP) is 3.77. The number of aliphatic carboxylic acids is 1. The number of nitrogens with two attached hydrogens (primary N) is 1. The van der Waals surface area contributed by atoms with Crippen LogP contribution in [-0.2, 0) is 11.2 Å². The van der Waals surface area contributed by atoms with E-state index in [-0.39, 0.29) is 0 Å². The minimum atomic E-state index is -0.807. The molecule has 6 heteroatoms. The molecule has 5 rings (SSSR count). The molecule has 6 nitrogen and oxygen atoms in total. The quantitative estimate of drug-likeness (QED) is 0.435. The average molecular weight is 429 g/mol. The molecule has 0 amide bonds. The molecule has 32 heavy (non-hydrogen) atoms. The summed E-state index contributed by atoms with van der Waals surface area (Å²) in [5.41, 5.74) is 9.94. The van der Waals surface area contributed by atoms with Gasteiger partial charge in [0.05, 0.1) is 0 Å². The Labute approximate surface area is 187 Å². The van der Waals surface area contributed by atoms with Crippen LogP contribution in [0.25, 0.3) is 21.7 Å². The number of rotatable bonds is 6. The zero-order chi connectivity index (χ0) is 22.1. The Morgan fingerprint density at radius 2 is 1.78 bits per heavy atom. The molecule has 164 valence electrons. The van der Waals surface area contributed by atoms with Crippen LogP contribution in [0.1, 0.15) is 17.2 Å². The molecule has 0 aliphatic carbocycles. The molecule has 1 atom stereocenters. The number of aromatic amines is 1. The SMILES string of the molecule is NCCc1c[nH]c2ccc(C(C(=O)O)N3CCN(c4cccc5ccccc45)CC3)cc12. The Kier molecular flexibility index (Phi) is 5.55. The summed E-state index contributed by atoms with van der Waals surface area (Å²) in [5.74, 6) is -0.807. The van der Waals surface area contributed by atoms with Gasteiger partial charge in [0.1, 0.15) is 6.04 Å². The fourth-order valence-corrected chi connectivity index (χ4v) is 4.94. The summed E-state index contributed by atoms with van der Waals surface area (Å²) >= 11 is 0. The van der Waals surface area contributed by atoms with Gasteiger partial charge in [0.2, 0.25) is 0 Å². The topological polar surface area (TPSA) is 85.6 Å². The highest BCUT2D eigenvalue weighted by Crippen LogP contribution is 2.31. The summed E-state index contributed by atoms with van der Waals surface area (Å²) in [5, 5.41) is 13.6. The van der Waals surface area contributed by atoms with E-state index in [1.165, 1.54) is 16.5 Å². The molecule has 1 aliphatic rings. The van der Waals surface area contributed by atoms with Gasteiger partial charge in [0.25, 0.3) is 0 Å². The molecule has 0 bridgehead atoms. The Morgan fingerprint density at radius 1 is 1.00 bits per heavy atom. The van der Waals surface area contributed by atoms with Gasteiger partial charge in [0.15, 0.2) is 0 Å². The standard InChI is InChI=1S/C26H28N4O2/c27-11-10-20-17-28-23-9-8-19(16-22(20)23)25(26(31)32)30-14-12-29(13-15-30)24-7-3-5-18-4-1-2-6-21(18)24/h1-9,16-17,25,28H,10-15,27H2,(H,31,32). The molecule has 1 fully saturated rings. The molecule has 1 aromatic heterocycles. The second-order valence-electron chi connectivity index (χ2n) is 8.42. The second-order valence-corrected chi connectivity index (χ2v) is 8.42. The Morgan fingerprint density at radius 3 is 2.56 bits per heavy atom. The molecule has 2 heterocycles. The van der Waals surface area contributed by atoms with Gasteiger partial charge in [0, 0.05) is 54.4 Å². The predicted molar refractivity (Wildman–Crippen MR) is 129 cm³/mol. The average Bonchev–Trinajstić information content (AvgIpc) is 3.22. The third-order valence-electron chi connectivity index (χ3n) is 6.54. The summed E-state index contributed by atoms with van der Waals surface area (Å²) in [6.07, 6.45) is 2.74. The third kappa shape index (κ3) is 3.72. The number of hydrogen-bond donors (Lipinski definition) is 3. The number of hydrogen-bond acceptors (Lipinski definition) is 4. The number of carbonyl (C=O) groups is 1. The van der Waals surface area contributed by atoms with E-state index >= 15 is 0 Å². The molecule has 1 saturated heterocycles. The molecule has 0 radical (unpaired) electrons. The molecule has 1 aliphatic heterocycles. The van der Waals surface area contributed by atoms with Crippen molar-refractivity contribution >= 4 is 33.3 Å². The first-order valence-electron chi connectivity index (χ1n) is 11.2. The van der Waals surface area contributed by atoms with Crippen LogP contribution in [0.2, 0.25) is 0 Å². The monoisotopic (exact) mass is 428 g/mol. The van der Waals surface area contributed by atoms with E-state index in [1.807, 2.05) is 24.4 Å². The zero-order valence-electron chi connectivity index (χ0n) is 18.0. The molecule has 0 spiro atoms. The number of aromatic nitrogens is 1. The number of nitrogens with one attached hydrogen (secondary N) is 1.